The Balaban J connectivity index is 2.30. The summed E-state index contributed by atoms with van der Waals surface area (Å²) in [4.78, 5) is 12.8. The van der Waals surface area contributed by atoms with Gasteiger partial charge in [0.15, 0.2) is 0 Å². The van der Waals surface area contributed by atoms with E-state index in [4.69, 9.17) is 9.84 Å². The number of carboxylic acids is 1. The van der Waals surface area contributed by atoms with E-state index in [0.717, 1.165) is 34.8 Å². The minimum absolute atomic E-state index is 0.339. The van der Waals surface area contributed by atoms with Crippen LogP contribution in [0.15, 0.2) is 28.7 Å². The van der Waals surface area contributed by atoms with Crippen LogP contribution in [0.1, 0.15) is 12.0 Å². The Morgan fingerprint density at radius 1 is 1.58 bits per heavy atom. The molecule has 1 fully saturated rings. The second-order valence-electron chi connectivity index (χ2n) is 4.50. The zero-order valence-electron chi connectivity index (χ0n) is 10.7. The molecule has 1 heterocycles. The summed E-state index contributed by atoms with van der Waals surface area (Å²) in [6.45, 7) is 1.49. The zero-order chi connectivity index (χ0) is 13.8. The standard InChI is InChI=1S/C14H16BrNO3/c1-16(12-6-7-19-9-12)13-8-11(15)4-2-10(13)3-5-14(17)18/h2-5,8,12H,6-7,9H2,1H3,(H,17,18)/b5-3+. The van der Waals surface area contributed by atoms with Crippen molar-refractivity contribution in [2.45, 2.75) is 12.5 Å². The number of nitrogens with zero attached hydrogens (tertiary/aromatic N) is 1. The first-order valence-corrected chi connectivity index (χ1v) is 6.88. The predicted octanol–water partition coefficient (Wildman–Crippen LogP) is 2.77. The molecule has 19 heavy (non-hydrogen) atoms. The number of carbonyl (C=O) groups is 1. The van der Waals surface area contributed by atoms with Gasteiger partial charge in [-0.05, 0) is 30.2 Å². The number of aliphatic carboxylic acids is 1. The highest BCUT2D eigenvalue weighted by molar-refractivity contribution is 9.10. The predicted molar refractivity (Wildman–Crippen MR) is 78.4 cm³/mol. The van der Waals surface area contributed by atoms with Gasteiger partial charge in [-0.3, -0.25) is 0 Å². The largest absolute Gasteiger partial charge is 0.478 e. The molecule has 0 saturated carbocycles. The van der Waals surface area contributed by atoms with Crippen molar-refractivity contribution in [3.8, 4) is 0 Å². The number of likely N-dealkylation sites (N-methyl/N-ethyl adjacent to an activating group) is 1. The minimum atomic E-state index is -0.944. The molecular formula is C14H16BrNO3. The van der Waals surface area contributed by atoms with Gasteiger partial charge in [-0.15, -0.1) is 0 Å². The molecule has 1 aliphatic heterocycles. The molecule has 0 aromatic heterocycles. The summed E-state index contributed by atoms with van der Waals surface area (Å²) in [5, 5.41) is 8.74. The highest BCUT2D eigenvalue weighted by atomic mass is 79.9. The summed E-state index contributed by atoms with van der Waals surface area (Å²) >= 11 is 3.45. The van der Waals surface area contributed by atoms with Crippen molar-refractivity contribution in [1.82, 2.24) is 0 Å². The van der Waals surface area contributed by atoms with Crippen LogP contribution in [0.3, 0.4) is 0 Å². The Morgan fingerprint density at radius 3 is 3.00 bits per heavy atom. The van der Waals surface area contributed by atoms with Crippen molar-refractivity contribution in [3.63, 3.8) is 0 Å². The molecule has 0 amide bonds. The summed E-state index contributed by atoms with van der Waals surface area (Å²) in [6.07, 6.45) is 3.77. The van der Waals surface area contributed by atoms with Gasteiger partial charge in [0.05, 0.1) is 12.6 Å². The summed E-state index contributed by atoms with van der Waals surface area (Å²) in [5.41, 5.74) is 1.89. The molecule has 1 N–H and O–H groups in total. The smallest absolute Gasteiger partial charge is 0.328 e. The number of ether oxygens (including phenoxy) is 1. The molecule has 1 aromatic carbocycles. The number of benzene rings is 1. The monoisotopic (exact) mass is 325 g/mol. The van der Waals surface area contributed by atoms with E-state index >= 15 is 0 Å². The Hall–Kier alpha value is -1.33. The lowest BCUT2D eigenvalue weighted by Gasteiger charge is -2.27. The van der Waals surface area contributed by atoms with Crippen LogP contribution in [-0.2, 0) is 9.53 Å². The molecule has 5 heteroatoms. The van der Waals surface area contributed by atoms with Crippen molar-refractivity contribution in [2.75, 3.05) is 25.2 Å². The van der Waals surface area contributed by atoms with Crippen LogP contribution < -0.4 is 4.90 Å². The van der Waals surface area contributed by atoms with E-state index in [1.165, 1.54) is 0 Å². The maximum Gasteiger partial charge on any atom is 0.328 e. The second kappa shape index (κ2) is 6.21. The van der Waals surface area contributed by atoms with Crippen molar-refractivity contribution in [1.29, 1.82) is 0 Å². The molecule has 0 radical (unpaired) electrons. The van der Waals surface area contributed by atoms with E-state index in [1.54, 1.807) is 6.08 Å². The molecular weight excluding hydrogens is 310 g/mol. The SMILES string of the molecule is CN(c1cc(Br)ccc1/C=C/C(=O)O)C1CCOC1. The highest BCUT2D eigenvalue weighted by Crippen LogP contribution is 2.28. The fourth-order valence-corrected chi connectivity index (χ4v) is 2.50. The molecule has 1 aliphatic rings. The Labute approximate surface area is 120 Å². The lowest BCUT2D eigenvalue weighted by molar-refractivity contribution is -0.131. The molecule has 0 spiro atoms. The first-order chi connectivity index (χ1) is 9.08. The van der Waals surface area contributed by atoms with Gasteiger partial charge >= 0.3 is 5.97 Å². The summed E-state index contributed by atoms with van der Waals surface area (Å²) in [5.74, 6) is -0.944. The van der Waals surface area contributed by atoms with E-state index in [2.05, 4.69) is 20.8 Å². The van der Waals surface area contributed by atoms with Crippen molar-refractivity contribution < 1.29 is 14.6 Å². The fraction of sp³-hybridized carbons (Fsp3) is 0.357. The third kappa shape index (κ3) is 3.58. The van der Waals surface area contributed by atoms with Crippen LogP contribution >= 0.6 is 15.9 Å². The summed E-state index contributed by atoms with van der Waals surface area (Å²) < 4.78 is 6.38. The van der Waals surface area contributed by atoms with Crippen LogP contribution in [0.25, 0.3) is 6.08 Å². The Morgan fingerprint density at radius 2 is 2.37 bits per heavy atom. The molecule has 2 rings (SSSR count). The molecule has 0 aliphatic carbocycles. The van der Waals surface area contributed by atoms with E-state index in [-0.39, 0.29) is 0 Å². The van der Waals surface area contributed by atoms with Gasteiger partial charge in [0.25, 0.3) is 0 Å². The number of anilines is 1. The molecule has 1 aromatic rings. The molecule has 1 saturated heterocycles. The molecule has 102 valence electrons. The van der Waals surface area contributed by atoms with Gasteiger partial charge in [-0.25, -0.2) is 4.79 Å². The third-order valence-corrected chi connectivity index (χ3v) is 3.72. The summed E-state index contributed by atoms with van der Waals surface area (Å²) in [6, 6.07) is 6.15. The lowest BCUT2D eigenvalue weighted by Crippen LogP contribution is -2.32. The molecule has 4 nitrogen and oxygen atoms in total. The van der Waals surface area contributed by atoms with Crippen LogP contribution in [0.4, 0.5) is 5.69 Å². The quantitative estimate of drug-likeness (QED) is 0.865. The third-order valence-electron chi connectivity index (χ3n) is 3.23. The normalized spacial score (nSPS) is 18.9. The van der Waals surface area contributed by atoms with Crippen molar-refractivity contribution >= 4 is 33.7 Å². The first kappa shape index (κ1) is 14.1. The van der Waals surface area contributed by atoms with Crippen LogP contribution in [-0.4, -0.2) is 37.4 Å². The van der Waals surface area contributed by atoms with E-state index in [9.17, 15) is 4.79 Å². The number of carboxylic acid groups (broad SMARTS) is 1. The van der Waals surface area contributed by atoms with E-state index in [1.807, 2.05) is 25.2 Å². The zero-order valence-corrected chi connectivity index (χ0v) is 12.3. The van der Waals surface area contributed by atoms with Crippen LogP contribution in [0.2, 0.25) is 0 Å². The number of hydrogen-bond acceptors (Lipinski definition) is 3. The van der Waals surface area contributed by atoms with Gasteiger partial charge in [-0.1, -0.05) is 22.0 Å². The average Bonchev–Trinajstić information content (AvgIpc) is 2.90. The van der Waals surface area contributed by atoms with Crippen molar-refractivity contribution in [2.24, 2.45) is 0 Å². The Bertz CT molecular complexity index is 495. The van der Waals surface area contributed by atoms with Gasteiger partial charge in [-0.2, -0.15) is 0 Å². The Kier molecular flexibility index (Phi) is 4.61. The number of halogens is 1. The maximum atomic E-state index is 10.6. The molecule has 1 unspecified atom stereocenters. The minimum Gasteiger partial charge on any atom is -0.478 e. The first-order valence-electron chi connectivity index (χ1n) is 6.09. The maximum absolute atomic E-state index is 10.6. The van der Waals surface area contributed by atoms with Crippen LogP contribution in [0.5, 0.6) is 0 Å². The van der Waals surface area contributed by atoms with Crippen LogP contribution in [0, 0.1) is 0 Å². The van der Waals surface area contributed by atoms with Crippen molar-refractivity contribution in [3.05, 3.63) is 34.3 Å². The van der Waals surface area contributed by atoms with Gasteiger partial charge < -0.3 is 14.7 Å². The summed E-state index contributed by atoms with van der Waals surface area (Å²) in [7, 11) is 2.01. The second-order valence-corrected chi connectivity index (χ2v) is 5.42. The number of hydrogen-bond donors (Lipinski definition) is 1. The van der Waals surface area contributed by atoms with E-state index in [0.29, 0.717) is 12.6 Å². The van der Waals surface area contributed by atoms with Gasteiger partial charge in [0.1, 0.15) is 0 Å². The number of rotatable bonds is 4. The highest BCUT2D eigenvalue weighted by Gasteiger charge is 2.21. The van der Waals surface area contributed by atoms with E-state index < -0.39 is 5.97 Å². The van der Waals surface area contributed by atoms with Gasteiger partial charge in [0.2, 0.25) is 0 Å². The lowest BCUT2D eigenvalue weighted by atomic mass is 10.1. The molecule has 1 atom stereocenters. The topological polar surface area (TPSA) is 49.8 Å². The fourth-order valence-electron chi connectivity index (χ4n) is 2.15. The molecule has 0 bridgehead atoms. The average molecular weight is 326 g/mol. The van der Waals surface area contributed by atoms with Gasteiger partial charge in [0, 0.05) is 29.9 Å².